The van der Waals surface area contributed by atoms with Crippen LogP contribution in [0.3, 0.4) is 0 Å². The minimum absolute atomic E-state index is 0. The average molecular weight is 884 g/mol. The van der Waals surface area contributed by atoms with Crippen molar-refractivity contribution in [1.82, 2.24) is 15.0 Å². The van der Waals surface area contributed by atoms with Gasteiger partial charge in [0.25, 0.3) is 0 Å². The first-order valence-corrected chi connectivity index (χ1v) is 14.9. The molecule has 0 bridgehead atoms. The number of aromatic nitrogens is 3. The van der Waals surface area contributed by atoms with Gasteiger partial charge >= 0.3 is 37.7 Å². The second-order valence-electron chi connectivity index (χ2n) is 9.22. The maximum Gasteiger partial charge on any atom is 3.00 e. The first-order valence-electron chi connectivity index (χ1n) is 13.7. The first-order chi connectivity index (χ1) is 23.0. The normalized spacial score (nSPS) is 9.26. The number of pyridine rings is 3. The number of hydrogen-bond donors (Lipinski definition) is 0. The van der Waals surface area contributed by atoms with E-state index in [0.29, 0.717) is 15.1 Å². The van der Waals surface area contributed by atoms with Crippen molar-refractivity contribution in [2.45, 2.75) is 0 Å². The van der Waals surface area contributed by atoms with E-state index in [9.17, 15) is 29.7 Å². The van der Waals surface area contributed by atoms with Crippen LogP contribution < -0.4 is 15.3 Å². The Morgan fingerprint density at radius 1 is 0.420 bits per heavy atom. The van der Waals surface area contributed by atoms with Gasteiger partial charge in [-0.2, -0.15) is 0 Å². The molecule has 258 valence electrons. The number of rotatable bonds is 5. The van der Waals surface area contributed by atoms with Crippen molar-refractivity contribution in [3.63, 3.8) is 0 Å². The molecule has 0 unspecified atom stereocenters. The minimum Gasteiger partial charge on any atom is -0.545 e. The summed E-state index contributed by atoms with van der Waals surface area (Å²) in [6.07, 6.45) is 3.54. The van der Waals surface area contributed by atoms with E-state index < -0.39 is 17.9 Å². The SMILES string of the molecule is O=C([O-])c1ccc(Cl)cc1.O=C([O-])c1ccc(Cl)cc1.O=C([O-])c1ccc(Cl)cc1.[Ho+3].[OH3+].c1ccc(-c2cccc(-c3ccccn3)n2)nc1. The third kappa shape index (κ3) is 15.4. The van der Waals surface area contributed by atoms with Crippen molar-refractivity contribution in [1.29, 1.82) is 0 Å². The zero-order valence-corrected chi connectivity index (χ0v) is 29.8. The molecule has 0 spiro atoms. The Bertz CT molecular complexity index is 1730. The van der Waals surface area contributed by atoms with Gasteiger partial charge in [-0.25, -0.2) is 4.98 Å². The molecule has 0 aliphatic carbocycles. The van der Waals surface area contributed by atoms with Crippen LogP contribution in [-0.2, 0) is 5.48 Å². The topological polar surface area (TPSA) is 192 Å². The number of benzene rings is 3. The molecule has 0 amide bonds. The van der Waals surface area contributed by atoms with Crippen molar-refractivity contribution >= 4 is 52.7 Å². The zero-order valence-electron chi connectivity index (χ0n) is 25.6. The summed E-state index contributed by atoms with van der Waals surface area (Å²) in [4.78, 5) is 43.7. The van der Waals surface area contributed by atoms with Crippen molar-refractivity contribution in [3.8, 4) is 22.8 Å². The maximum absolute atomic E-state index is 10.2. The van der Waals surface area contributed by atoms with Gasteiger partial charge in [0.1, 0.15) is 0 Å². The van der Waals surface area contributed by atoms with E-state index in [4.69, 9.17) is 34.8 Å². The molecule has 0 fully saturated rings. The number of aromatic carboxylic acids is 3. The number of carbonyl (C=O) groups is 3. The van der Waals surface area contributed by atoms with Gasteiger partial charge < -0.3 is 35.2 Å². The van der Waals surface area contributed by atoms with Gasteiger partial charge in [0, 0.05) is 27.5 Å². The monoisotopic (exact) mass is 882 g/mol. The van der Waals surface area contributed by atoms with E-state index in [0.717, 1.165) is 22.8 Å². The molecular weight excluding hydrogens is 858 g/mol. The largest absolute Gasteiger partial charge is 3.00 e. The number of hydrogen-bond acceptors (Lipinski definition) is 9. The number of carboxylic acid groups (broad SMARTS) is 3. The molecule has 50 heavy (non-hydrogen) atoms. The van der Waals surface area contributed by atoms with E-state index >= 15 is 0 Å². The second kappa shape index (κ2) is 23.1. The summed E-state index contributed by atoms with van der Waals surface area (Å²) in [7, 11) is 0. The van der Waals surface area contributed by atoms with E-state index in [1.54, 1.807) is 12.4 Å². The standard InChI is InChI=1S/C15H11N3.3C7H5ClO2.Ho.H2O/c1-3-10-16-12(6-1)14-8-5-9-15(18-14)13-7-2-4-11-17-13;3*8-6-3-1-5(2-4-6)7(9)10;;/h1-11H;3*1-4H,(H,9,10);;1H2/q;;;;+3;/p-2. The third-order valence-corrected chi connectivity index (χ3v) is 6.60. The second-order valence-corrected chi connectivity index (χ2v) is 10.5. The quantitative estimate of drug-likeness (QED) is 0.178. The Hall–Kier alpha value is -4.39. The molecule has 0 aliphatic rings. The van der Waals surface area contributed by atoms with Crippen molar-refractivity contribution < 1.29 is 72.9 Å². The van der Waals surface area contributed by atoms with Gasteiger partial charge in [0.15, 0.2) is 0 Å². The van der Waals surface area contributed by atoms with Crippen LogP contribution in [0, 0.1) is 37.7 Å². The van der Waals surface area contributed by atoms with Crippen LogP contribution in [0.4, 0.5) is 0 Å². The molecule has 0 radical (unpaired) electrons. The van der Waals surface area contributed by atoms with Crippen LogP contribution >= 0.6 is 34.8 Å². The predicted octanol–water partition coefficient (Wildman–Crippen LogP) is 4.39. The van der Waals surface area contributed by atoms with Crippen molar-refractivity contribution in [2.24, 2.45) is 0 Å². The van der Waals surface area contributed by atoms with Crippen LogP contribution in [0.15, 0.2) is 140 Å². The summed E-state index contributed by atoms with van der Waals surface area (Å²) in [5.41, 5.74) is 3.89. The Morgan fingerprint density at radius 3 is 0.940 bits per heavy atom. The summed E-state index contributed by atoms with van der Waals surface area (Å²) >= 11 is 16.5. The fourth-order valence-corrected chi connectivity index (χ4v) is 3.88. The van der Waals surface area contributed by atoms with Gasteiger partial charge in [-0.3, -0.25) is 9.97 Å². The molecule has 0 saturated heterocycles. The summed E-state index contributed by atoms with van der Waals surface area (Å²) < 4.78 is 0. The Morgan fingerprint density at radius 2 is 0.700 bits per heavy atom. The van der Waals surface area contributed by atoms with E-state index in [1.165, 1.54) is 72.8 Å². The Labute approximate surface area is 332 Å². The number of nitrogens with zero attached hydrogens (tertiary/aromatic N) is 3. The van der Waals surface area contributed by atoms with Crippen LogP contribution in [0.1, 0.15) is 31.1 Å². The predicted molar refractivity (Wildman–Crippen MR) is 183 cm³/mol. The minimum atomic E-state index is -1.18. The number of carboxylic acids is 3. The van der Waals surface area contributed by atoms with Gasteiger partial charge in [-0.05, 0) is 89.5 Å². The molecule has 10 nitrogen and oxygen atoms in total. The van der Waals surface area contributed by atoms with Crippen LogP contribution in [0.2, 0.25) is 15.1 Å². The summed E-state index contributed by atoms with van der Waals surface area (Å²) in [5, 5.41) is 32.0. The molecule has 3 aromatic heterocycles. The average Bonchev–Trinajstić information content (AvgIpc) is 3.10. The van der Waals surface area contributed by atoms with Gasteiger partial charge in [-0.1, -0.05) is 89.4 Å². The van der Waals surface area contributed by atoms with E-state index in [2.05, 4.69) is 15.0 Å². The number of halogens is 3. The molecule has 3 heterocycles. The van der Waals surface area contributed by atoms with E-state index in [1.807, 2.05) is 54.6 Å². The molecular formula is C36H26Cl3HoN3O7+. The summed E-state index contributed by atoms with van der Waals surface area (Å²) in [5.74, 6) is -3.55. The van der Waals surface area contributed by atoms with Gasteiger partial charge in [0.2, 0.25) is 0 Å². The first kappa shape index (κ1) is 43.6. The van der Waals surface area contributed by atoms with Gasteiger partial charge in [0.05, 0.1) is 40.7 Å². The fourth-order valence-electron chi connectivity index (χ4n) is 3.51. The number of carbonyl (C=O) groups excluding carboxylic acids is 3. The maximum atomic E-state index is 10.2. The molecule has 14 heteroatoms. The van der Waals surface area contributed by atoms with E-state index in [-0.39, 0.29) is 59.9 Å². The van der Waals surface area contributed by atoms with Crippen LogP contribution in [-0.4, -0.2) is 32.9 Å². The van der Waals surface area contributed by atoms with Crippen molar-refractivity contribution in [2.75, 3.05) is 0 Å². The van der Waals surface area contributed by atoms with Crippen LogP contribution in [0.25, 0.3) is 22.8 Å². The van der Waals surface area contributed by atoms with Crippen molar-refractivity contribution in [3.05, 3.63) is 172 Å². The fraction of sp³-hybridized carbons (Fsp3) is 0. The molecule has 0 saturated carbocycles. The van der Waals surface area contributed by atoms with Crippen LogP contribution in [0.5, 0.6) is 0 Å². The molecule has 0 atom stereocenters. The molecule has 6 aromatic rings. The Balaban J connectivity index is 0.000000344. The molecule has 6 rings (SSSR count). The molecule has 0 aliphatic heterocycles. The molecule has 3 N–H and O–H groups in total. The zero-order chi connectivity index (χ0) is 34.9. The Kier molecular flexibility index (Phi) is 20.2. The molecule has 3 aromatic carbocycles. The third-order valence-electron chi connectivity index (χ3n) is 5.84. The summed E-state index contributed by atoms with van der Waals surface area (Å²) in [6, 6.07) is 34.9. The smallest absolute Gasteiger partial charge is 0.545 e. The summed E-state index contributed by atoms with van der Waals surface area (Å²) in [6.45, 7) is 0. The van der Waals surface area contributed by atoms with Gasteiger partial charge in [-0.15, -0.1) is 0 Å².